The van der Waals surface area contributed by atoms with Gasteiger partial charge in [-0.15, -0.1) is 0 Å². The van der Waals surface area contributed by atoms with Gasteiger partial charge < -0.3 is 9.84 Å². The average Bonchev–Trinajstić information content (AvgIpc) is 2.31. The van der Waals surface area contributed by atoms with Gasteiger partial charge in [-0.05, 0) is 31.7 Å². The molecule has 0 heterocycles. The Morgan fingerprint density at radius 2 is 1.44 bits per heavy atom. The molecule has 0 unspecified atom stereocenters. The van der Waals surface area contributed by atoms with E-state index in [-0.39, 0.29) is 0 Å². The maximum absolute atomic E-state index is 10.2. The highest BCUT2D eigenvalue weighted by Gasteiger charge is 2.18. The first-order valence-corrected chi connectivity index (χ1v) is 6.02. The van der Waals surface area contributed by atoms with E-state index in [1.54, 1.807) is 7.11 Å². The van der Waals surface area contributed by atoms with Crippen LogP contribution in [0.2, 0.25) is 0 Å². The zero-order valence-electron chi connectivity index (χ0n) is 11.0. The lowest BCUT2D eigenvalue weighted by Crippen LogP contribution is -2.04. The third-order valence-corrected chi connectivity index (χ3v) is 3.27. The van der Waals surface area contributed by atoms with E-state index in [0.29, 0.717) is 5.75 Å². The normalized spacial score (nSPS) is 10.6. The summed E-state index contributed by atoms with van der Waals surface area (Å²) in [5.74, 6) is 1.43. The summed E-state index contributed by atoms with van der Waals surface area (Å²) in [6.45, 7) is 8.23. The van der Waals surface area contributed by atoms with Crippen molar-refractivity contribution in [3.63, 3.8) is 0 Å². The van der Waals surface area contributed by atoms with Crippen molar-refractivity contribution >= 4 is 0 Å². The monoisotopic (exact) mass is 222 g/mol. The molecule has 0 aliphatic rings. The summed E-state index contributed by atoms with van der Waals surface area (Å²) in [5, 5.41) is 10.2. The summed E-state index contributed by atoms with van der Waals surface area (Å²) >= 11 is 0. The van der Waals surface area contributed by atoms with Gasteiger partial charge in [0.05, 0.1) is 7.11 Å². The Bertz CT molecular complexity index is 344. The lowest BCUT2D eigenvalue weighted by atomic mass is 9.92. The maximum Gasteiger partial charge on any atom is 0.126 e. The molecule has 0 aromatic heterocycles. The predicted octanol–water partition coefficient (Wildman–Crippen LogP) is 3.40. The van der Waals surface area contributed by atoms with Gasteiger partial charge in [0, 0.05) is 16.7 Å². The molecular weight excluding hydrogens is 200 g/mol. The van der Waals surface area contributed by atoms with Crippen LogP contribution in [0.25, 0.3) is 0 Å². The maximum atomic E-state index is 10.2. The van der Waals surface area contributed by atoms with Crippen LogP contribution in [-0.4, -0.2) is 12.2 Å². The summed E-state index contributed by atoms with van der Waals surface area (Å²) in [5.41, 5.74) is 4.29. The Morgan fingerprint density at radius 3 is 1.81 bits per heavy atom. The first kappa shape index (κ1) is 12.9. The first-order valence-electron chi connectivity index (χ1n) is 6.02. The number of phenols is 1. The third kappa shape index (κ3) is 1.89. The molecule has 0 saturated carbocycles. The van der Waals surface area contributed by atoms with Crippen LogP contribution in [0.3, 0.4) is 0 Å². The van der Waals surface area contributed by atoms with Crippen molar-refractivity contribution in [1.29, 1.82) is 0 Å². The molecule has 1 aromatic carbocycles. The molecule has 0 aliphatic heterocycles. The van der Waals surface area contributed by atoms with Crippen molar-refractivity contribution in [2.75, 3.05) is 7.11 Å². The van der Waals surface area contributed by atoms with Gasteiger partial charge in [0.15, 0.2) is 0 Å². The molecule has 16 heavy (non-hydrogen) atoms. The third-order valence-electron chi connectivity index (χ3n) is 3.27. The van der Waals surface area contributed by atoms with Gasteiger partial charge in [0.2, 0.25) is 0 Å². The van der Waals surface area contributed by atoms with Crippen LogP contribution in [0.15, 0.2) is 0 Å². The Hall–Kier alpha value is -1.18. The van der Waals surface area contributed by atoms with Gasteiger partial charge in [-0.25, -0.2) is 0 Å². The molecule has 2 nitrogen and oxygen atoms in total. The van der Waals surface area contributed by atoms with E-state index >= 15 is 0 Å². The van der Waals surface area contributed by atoms with Gasteiger partial charge in [-0.2, -0.15) is 0 Å². The average molecular weight is 222 g/mol. The highest BCUT2D eigenvalue weighted by atomic mass is 16.5. The van der Waals surface area contributed by atoms with Crippen molar-refractivity contribution in [2.45, 2.75) is 47.0 Å². The fourth-order valence-electron chi connectivity index (χ4n) is 2.43. The molecule has 0 amide bonds. The van der Waals surface area contributed by atoms with Crippen molar-refractivity contribution in [1.82, 2.24) is 0 Å². The van der Waals surface area contributed by atoms with E-state index < -0.39 is 0 Å². The van der Waals surface area contributed by atoms with Crippen molar-refractivity contribution in [3.8, 4) is 11.5 Å². The summed E-state index contributed by atoms with van der Waals surface area (Å²) in [4.78, 5) is 0. The molecule has 1 N–H and O–H groups in total. The minimum absolute atomic E-state index is 0.456. The molecule has 0 spiro atoms. The second-order valence-electron chi connectivity index (χ2n) is 4.00. The lowest BCUT2D eigenvalue weighted by Gasteiger charge is -2.20. The van der Waals surface area contributed by atoms with Crippen LogP contribution in [0.5, 0.6) is 11.5 Å². The first-order chi connectivity index (χ1) is 7.62. The molecule has 0 atom stereocenters. The van der Waals surface area contributed by atoms with E-state index in [1.807, 2.05) is 6.92 Å². The fraction of sp³-hybridized carbons (Fsp3) is 0.571. The molecule has 0 fully saturated rings. The number of rotatable bonds is 4. The van der Waals surface area contributed by atoms with E-state index in [2.05, 4.69) is 20.8 Å². The molecule has 90 valence electrons. The smallest absolute Gasteiger partial charge is 0.126 e. The molecule has 2 heteroatoms. The number of hydrogen-bond donors (Lipinski definition) is 1. The molecule has 1 rings (SSSR count). The minimum atomic E-state index is 0.456. The summed E-state index contributed by atoms with van der Waals surface area (Å²) in [7, 11) is 1.71. The van der Waals surface area contributed by atoms with Crippen LogP contribution in [-0.2, 0) is 19.3 Å². The Kier molecular flexibility index (Phi) is 4.22. The van der Waals surface area contributed by atoms with Crippen molar-refractivity contribution < 1.29 is 9.84 Å². The van der Waals surface area contributed by atoms with Crippen molar-refractivity contribution in [2.24, 2.45) is 0 Å². The van der Waals surface area contributed by atoms with Crippen LogP contribution >= 0.6 is 0 Å². The number of benzene rings is 1. The largest absolute Gasteiger partial charge is 0.507 e. The van der Waals surface area contributed by atoms with E-state index in [0.717, 1.165) is 47.3 Å². The van der Waals surface area contributed by atoms with Gasteiger partial charge >= 0.3 is 0 Å². The van der Waals surface area contributed by atoms with Gasteiger partial charge in [0.25, 0.3) is 0 Å². The number of methoxy groups -OCH3 is 1. The highest BCUT2D eigenvalue weighted by Crippen LogP contribution is 2.38. The summed E-state index contributed by atoms with van der Waals surface area (Å²) < 4.78 is 5.53. The van der Waals surface area contributed by atoms with Crippen LogP contribution in [0.4, 0.5) is 0 Å². The molecule has 1 aromatic rings. The molecule has 0 aliphatic carbocycles. The predicted molar refractivity (Wildman–Crippen MR) is 67.5 cm³/mol. The molecule has 0 saturated heterocycles. The standard InChI is InChI=1S/C14H22O2/c1-6-10-9(4)13(15)11(7-2)12(8-3)14(10)16-5/h15H,6-8H2,1-5H3. The quantitative estimate of drug-likeness (QED) is 0.846. The molecule has 0 radical (unpaired) electrons. The number of phenolic OH excluding ortho intramolecular Hbond substituents is 1. The molecular formula is C14H22O2. The highest BCUT2D eigenvalue weighted by molar-refractivity contribution is 5.58. The van der Waals surface area contributed by atoms with Crippen LogP contribution < -0.4 is 4.74 Å². The van der Waals surface area contributed by atoms with E-state index in [9.17, 15) is 5.11 Å². The summed E-state index contributed by atoms with van der Waals surface area (Å²) in [6, 6.07) is 0. The van der Waals surface area contributed by atoms with Gasteiger partial charge in [-0.1, -0.05) is 20.8 Å². The van der Waals surface area contributed by atoms with Crippen LogP contribution in [0.1, 0.15) is 43.0 Å². The molecule has 0 bridgehead atoms. The number of aromatic hydroxyl groups is 1. The summed E-state index contributed by atoms with van der Waals surface area (Å²) in [6.07, 6.45) is 2.63. The Labute approximate surface area is 98.3 Å². The lowest BCUT2D eigenvalue weighted by molar-refractivity contribution is 0.399. The second-order valence-corrected chi connectivity index (χ2v) is 4.00. The number of ether oxygens (including phenoxy) is 1. The van der Waals surface area contributed by atoms with Crippen molar-refractivity contribution in [3.05, 3.63) is 22.3 Å². The van der Waals surface area contributed by atoms with Gasteiger partial charge in [-0.3, -0.25) is 0 Å². The van der Waals surface area contributed by atoms with Gasteiger partial charge in [0.1, 0.15) is 11.5 Å². The zero-order valence-corrected chi connectivity index (χ0v) is 11.0. The Morgan fingerprint density at radius 1 is 0.938 bits per heavy atom. The fourth-order valence-corrected chi connectivity index (χ4v) is 2.43. The van der Waals surface area contributed by atoms with E-state index in [1.165, 1.54) is 0 Å². The SMILES string of the molecule is CCc1c(O)c(C)c(CC)c(OC)c1CC. The minimum Gasteiger partial charge on any atom is -0.507 e. The Balaban J connectivity index is 3.61. The zero-order chi connectivity index (χ0) is 12.3. The topological polar surface area (TPSA) is 29.5 Å². The second kappa shape index (κ2) is 5.24. The van der Waals surface area contributed by atoms with E-state index in [4.69, 9.17) is 4.74 Å². The number of hydrogen-bond acceptors (Lipinski definition) is 2. The van der Waals surface area contributed by atoms with Crippen LogP contribution in [0, 0.1) is 6.92 Å².